The molecule has 0 amide bonds. The molecule has 150 valence electrons. The van der Waals surface area contributed by atoms with Crippen molar-refractivity contribution in [2.24, 2.45) is 0 Å². The molecule has 0 bridgehead atoms. The Hall–Kier alpha value is -2.76. The minimum atomic E-state index is -0.800. The molecule has 5 nitrogen and oxygen atoms in total. The molecule has 0 radical (unpaired) electrons. The van der Waals surface area contributed by atoms with Gasteiger partial charge in [-0.05, 0) is 42.5 Å². The molecule has 1 fully saturated rings. The maximum Gasteiger partial charge on any atom is 0.251 e. The number of nitrogens with zero attached hydrogens (tertiary/aromatic N) is 2. The van der Waals surface area contributed by atoms with Crippen LogP contribution in [-0.2, 0) is 18.6 Å². The quantitative estimate of drug-likeness (QED) is 0.702. The fraction of sp³-hybridized carbons (Fsp3) is 0.333. The predicted molar refractivity (Wildman–Crippen MR) is 115 cm³/mol. The summed E-state index contributed by atoms with van der Waals surface area (Å²) in [7, 11) is 0. The van der Waals surface area contributed by atoms with Gasteiger partial charge in [-0.2, -0.15) is 0 Å². The van der Waals surface area contributed by atoms with Gasteiger partial charge in [0.2, 0.25) is 0 Å². The monoisotopic (exact) mass is 389 g/mol. The molecule has 1 unspecified atom stereocenters. The number of β-amino-alcohol motifs (C(OH)–C–C–N with tert-alkyl or cyclic N) is 1. The van der Waals surface area contributed by atoms with Gasteiger partial charge in [0.05, 0.1) is 0 Å². The molecule has 2 N–H and O–H groups in total. The van der Waals surface area contributed by atoms with Crippen LogP contribution in [0.25, 0.3) is 11.4 Å². The summed E-state index contributed by atoms with van der Waals surface area (Å²) in [5, 5.41) is 11.2. The van der Waals surface area contributed by atoms with E-state index >= 15 is 0 Å². The maximum atomic E-state index is 11.9. The summed E-state index contributed by atoms with van der Waals surface area (Å²) in [6.45, 7) is 6.25. The van der Waals surface area contributed by atoms with Crippen molar-refractivity contribution in [3.05, 3.63) is 87.3 Å². The van der Waals surface area contributed by atoms with Gasteiger partial charge in [0, 0.05) is 37.0 Å². The van der Waals surface area contributed by atoms with Crippen molar-refractivity contribution in [2.75, 3.05) is 13.1 Å². The Balaban J connectivity index is 1.53. The van der Waals surface area contributed by atoms with Gasteiger partial charge in [-0.1, -0.05) is 49.4 Å². The van der Waals surface area contributed by atoms with Crippen LogP contribution in [0.3, 0.4) is 0 Å². The highest BCUT2D eigenvalue weighted by atomic mass is 16.3. The Morgan fingerprint density at radius 1 is 1.17 bits per heavy atom. The van der Waals surface area contributed by atoms with Gasteiger partial charge in [0.25, 0.3) is 5.56 Å². The number of aryl methyl sites for hydroxylation is 2. The van der Waals surface area contributed by atoms with Crippen molar-refractivity contribution >= 4 is 0 Å². The van der Waals surface area contributed by atoms with Gasteiger partial charge in [-0.15, -0.1) is 0 Å². The highest BCUT2D eigenvalue weighted by molar-refractivity contribution is 5.56. The molecule has 1 aromatic heterocycles. The number of aliphatic hydroxyl groups is 1. The maximum absolute atomic E-state index is 11.9. The number of likely N-dealkylation sites (tertiary alicyclic amines) is 1. The van der Waals surface area contributed by atoms with E-state index < -0.39 is 5.60 Å². The minimum absolute atomic E-state index is 0.125. The lowest BCUT2D eigenvalue weighted by molar-refractivity contribution is 0.0447. The van der Waals surface area contributed by atoms with E-state index in [1.807, 2.05) is 37.3 Å². The number of aromatic nitrogens is 2. The summed E-state index contributed by atoms with van der Waals surface area (Å²) < 4.78 is 0. The van der Waals surface area contributed by atoms with E-state index in [0.717, 1.165) is 53.9 Å². The Kier molecular flexibility index (Phi) is 5.35. The number of nitrogens with one attached hydrogen (secondary N) is 1. The topological polar surface area (TPSA) is 69.2 Å². The number of benzene rings is 2. The molecule has 2 heterocycles. The van der Waals surface area contributed by atoms with Crippen LogP contribution in [-0.4, -0.2) is 33.1 Å². The molecule has 2 aromatic carbocycles. The second-order valence-electron chi connectivity index (χ2n) is 7.95. The molecule has 5 heteroatoms. The molecule has 0 aliphatic carbocycles. The lowest BCUT2D eigenvalue weighted by atomic mass is 9.89. The minimum Gasteiger partial charge on any atom is -0.384 e. The molecule has 29 heavy (non-hydrogen) atoms. The van der Waals surface area contributed by atoms with Crippen molar-refractivity contribution in [1.29, 1.82) is 0 Å². The van der Waals surface area contributed by atoms with Crippen LogP contribution in [0.15, 0.2) is 59.4 Å². The molecule has 1 aliphatic heterocycles. The van der Waals surface area contributed by atoms with Crippen molar-refractivity contribution in [3.63, 3.8) is 0 Å². The van der Waals surface area contributed by atoms with E-state index in [1.165, 1.54) is 0 Å². The van der Waals surface area contributed by atoms with Gasteiger partial charge in [0.1, 0.15) is 11.4 Å². The zero-order valence-electron chi connectivity index (χ0n) is 17.0. The lowest BCUT2D eigenvalue weighted by Gasteiger charge is -2.26. The first-order chi connectivity index (χ1) is 14.0. The average Bonchev–Trinajstić information content (AvgIpc) is 3.09. The van der Waals surface area contributed by atoms with Crippen LogP contribution in [0.5, 0.6) is 0 Å². The summed E-state index contributed by atoms with van der Waals surface area (Å²) in [5.41, 5.74) is 4.06. The third-order valence-corrected chi connectivity index (χ3v) is 5.74. The van der Waals surface area contributed by atoms with E-state index in [2.05, 4.69) is 40.0 Å². The van der Waals surface area contributed by atoms with E-state index in [1.54, 1.807) is 6.07 Å². The normalized spacial score (nSPS) is 19.6. The highest BCUT2D eigenvalue weighted by Crippen LogP contribution is 2.34. The fourth-order valence-corrected chi connectivity index (χ4v) is 4.22. The number of H-pyrrole nitrogens is 1. The second kappa shape index (κ2) is 7.93. The SMILES string of the molecule is CCc1cc(=O)[nH]c(-c2cccc(CN3CCC(O)(c4ccccc4C)C3)c2)n1. The molecular weight excluding hydrogens is 362 g/mol. The van der Waals surface area contributed by atoms with Crippen LogP contribution < -0.4 is 5.56 Å². The highest BCUT2D eigenvalue weighted by Gasteiger charge is 2.38. The summed E-state index contributed by atoms with van der Waals surface area (Å²) in [6.07, 6.45) is 1.45. The standard InChI is InChI=1S/C24H27N3O2/c1-3-20-14-22(28)26-23(25-20)19-9-6-8-18(13-19)15-27-12-11-24(29,16-27)21-10-5-4-7-17(21)2/h4-10,13-14,29H,3,11-12,15-16H2,1-2H3,(H,25,26,28). The Morgan fingerprint density at radius 2 is 2.00 bits per heavy atom. The van der Waals surface area contributed by atoms with Crippen LogP contribution >= 0.6 is 0 Å². The first-order valence-electron chi connectivity index (χ1n) is 10.2. The van der Waals surface area contributed by atoms with Crippen LogP contribution in [0, 0.1) is 6.92 Å². The zero-order valence-corrected chi connectivity index (χ0v) is 17.0. The number of rotatable bonds is 5. The molecule has 3 aromatic rings. The van der Waals surface area contributed by atoms with Gasteiger partial charge in [0.15, 0.2) is 0 Å². The van der Waals surface area contributed by atoms with Crippen molar-refractivity contribution in [3.8, 4) is 11.4 Å². The molecule has 1 atom stereocenters. The summed E-state index contributed by atoms with van der Waals surface area (Å²) in [5.74, 6) is 0.606. The Labute approximate surface area is 171 Å². The van der Waals surface area contributed by atoms with E-state index in [4.69, 9.17) is 0 Å². The van der Waals surface area contributed by atoms with Gasteiger partial charge in [-0.3, -0.25) is 9.69 Å². The molecule has 0 spiro atoms. The van der Waals surface area contributed by atoms with Crippen molar-refractivity contribution in [1.82, 2.24) is 14.9 Å². The lowest BCUT2D eigenvalue weighted by Crippen LogP contribution is -2.31. The first-order valence-corrected chi connectivity index (χ1v) is 10.2. The summed E-state index contributed by atoms with van der Waals surface area (Å²) >= 11 is 0. The number of hydrogen-bond donors (Lipinski definition) is 2. The molecule has 4 rings (SSSR count). The third-order valence-electron chi connectivity index (χ3n) is 5.74. The predicted octanol–water partition coefficient (Wildman–Crippen LogP) is 3.40. The zero-order chi connectivity index (χ0) is 20.4. The number of aromatic amines is 1. The summed E-state index contributed by atoms with van der Waals surface area (Å²) in [4.78, 5) is 21.6. The Bertz CT molecular complexity index is 1080. The summed E-state index contributed by atoms with van der Waals surface area (Å²) in [6, 6.07) is 17.7. The van der Waals surface area contributed by atoms with Crippen molar-refractivity contribution in [2.45, 2.75) is 38.8 Å². The second-order valence-corrected chi connectivity index (χ2v) is 7.95. The van der Waals surface area contributed by atoms with E-state index in [0.29, 0.717) is 12.4 Å². The Morgan fingerprint density at radius 3 is 2.79 bits per heavy atom. The molecule has 0 saturated carbocycles. The number of hydrogen-bond acceptors (Lipinski definition) is 4. The third kappa shape index (κ3) is 4.16. The van der Waals surface area contributed by atoms with Gasteiger partial charge < -0.3 is 10.1 Å². The fourth-order valence-electron chi connectivity index (χ4n) is 4.22. The average molecular weight is 389 g/mol. The van der Waals surface area contributed by atoms with Gasteiger partial charge in [-0.25, -0.2) is 4.98 Å². The van der Waals surface area contributed by atoms with Crippen LogP contribution in [0.2, 0.25) is 0 Å². The van der Waals surface area contributed by atoms with Crippen LogP contribution in [0.4, 0.5) is 0 Å². The smallest absolute Gasteiger partial charge is 0.251 e. The molecule has 1 aliphatic rings. The van der Waals surface area contributed by atoms with E-state index in [-0.39, 0.29) is 5.56 Å². The van der Waals surface area contributed by atoms with E-state index in [9.17, 15) is 9.90 Å². The van der Waals surface area contributed by atoms with Crippen molar-refractivity contribution < 1.29 is 5.11 Å². The molecule has 1 saturated heterocycles. The van der Waals surface area contributed by atoms with Crippen LogP contribution in [0.1, 0.15) is 35.7 Å². The molecular formula is C24H27N3O2. The van der Waals surface area contributed by atoms with Gasteiger partial charge >= 0.3 is 0 Å². The largest absolute Gasteiger partial charge is 0.384 e. The first kappa shape index (κ1) is 19.6.